The number of nitrogens with two attached hydrogens (primary N) is 1. The highest BCUT2D eigenvalue weighted by atomic mass is 19.4. The molecule has 0 aliphatic rings. The van der Waals surface area contributed by atoms with Crippen molar-refractivity contribution in [2.24, 2.45) is 11.7 Å². The molecule has 20 heavy (non-hydrogen) atoms. The average molecular weight is 289 g/mol. The Kier molecular flexibility index (Phi) is 6.33. The van der Waals surface area contributed by atoms with Crippen molar-refractivity contribution < 1.29 is 17.9 Å². The molecule has 0 saturated carbocycles. The van der Waals surface area contributed by atoms with Crippen LogP contribution in [0.2, 0.25) is 0 Å². The van der Waals surface area contributed by atoms with E-state index < -0.39 is 11.7 Å². The van der Waals surface area contributed by atoms with Gasteiger partial charge < -0.3 is 10.5 Å². The van der Waals surface area contributed by atoms with Crippen molar-refractivity contribution in [2.45, 2.75) is 39.3 Å². The Morgan fingerprint density at radius 1 is 1.30 bits per heavy atom. The fraction of sp³-hybridized carbons (Fsp3) is 0.600. The molecule has 1 rings (SSSR count). The zero-order chi connectivity index (χ0) is 15.2. The van der Waals surface area contributed by atoms with Crippen LogP contribution in [0.4, 0.5) is 13.2 Å². The summed E-state index contributed by atoms with van der Waals surface area (Å²) in [5, 5.41) is 0. The second-order valence-corrected chi connectivity index (χ2v) is 5.06. The van der Waals surface area contributed by atoms with E-state index in [0.29, 0.717) is 30.9 Å². The van der Waals surface area contributed by atoms with E-state index in [4.69, 9.17) is 10.5 Å². The van der Waals surface area contributed by atoms with Crippen LogP contribution >= 0.6 is 0 Å². The van der Waals surface area contributed by atoms with Crippen LogP contribution in [-0.4, -0.2) is 13.2 Å². The van der Waals surface area contributed by atoms with E-state index in [-0.39, 0.29) is 5.92 Å². The van der Waals surface area contributed by atoms with Gasteiger partial charge in [-0.05, 0) is 55.5 Å². The lowest BCUT2D eigenvalue weighted by molar-refractivity contribution is -0.137. The van der Waals surface area contributed by atoms with Crippen LogP contribution in [0.5, 0.6) is 5.75 Å². The predicted molar refractivity (Wildman–Crippen MR) is 73.8 cm³/mol. The first-order valence-corrected chi connectivity index (χ1v) is 6.91. The molecule has 0 saturated heterocycles. The summed E-state index contributed by atoms with van der Waals surface area (Å²) >= 11 is 0. The molecule has 0 amide bonds. The topological polar surface area (TPSA) is 35.2 Å². The minimum absolute atomic E-state index is 0.229. The molecule has 5 heteroatoms. The molecule has 1 atom stereocenters. The Hall–Kier alpha value is -1.23. The molecular formula is C15H22F3NO. The number of benzene rings is 1. The van der Waals surface area contributed by atoms with E-state index in [1.54, 1.807) is 0 Å². The summed E-state index contributed by atoms with van der Waals surface area (Å²) in [7, 11) is 0. The van der Waals surface area contributed by atoms with Crippen molar-refractivity contribution in [3.8, 4) is 5.75 Å². The summed E-state index contributed by atoms with van der Waals surface area (Å²) in [5.74, 6) is 0.774. The highest BCUT2D eigenvalue weighted by Gasteiger charge is 2.31. The molecule has 0 bridgehead atoms. The van der Waals surface area contributed by atoms with Crippen LogP contribution in [0.15, 0.2) is 18.2 Å². The second kappa shape index (κ2) is 7.53. The summed E-state index contributed by atoms with van der Waals surface area (Å²) in [6.45, 7) is 4.98. The van der Waals surface area contributed by atoms with Crippen molar-refractivity contribution in [3.05, 3.63) is 29.3 Å². The first-order chi connectivity index (χ1) is 9.38. The highest BCUT2D eigenvalue weighted by molar-refractivity contribution is 5.38. The standard InChI is InChI=1S/C15H22F3NO/c1-3-8-20-14-5-4-13(15(16,17)18)10-12(14)9-11(2)6-7-19/h4-5,10-11H,3,6-9,19H2,1-2H3. The molecule has 1 unspecified atom stereocenters. The smallest absolute Gasteiger partial charge is 0.416 e. The lowest BCUT2D eigenvalue weighted by Crippen LogP contribution is -2.11. The van der Waals surface area contributed by atoms with E-state index in [0.717, 1.165) is 18.9 Å². The number of rotatable bonds is 7. The van der Waals surface area contributed by atoms with E-state index >= 15 is 0 Å². The summed E-state index contributed by atoms with van der Waals surface area (Å²) in [6, 6.07) is 3.68. The number of alkyl halides is 3. The van der Waals surface area contributed by atoms with Crippen LogP contribution in [0, 0.1) is 5.92 Å². The van der Waals surface area contributed by atoms with E-state index in [9.17, 15) is 13.2 Å². The lowest BCUT2D eigenvalue weighted by Gasteiger charge is -2.17. The van der Waals surface area contributed by atoms with Crippen LogP contribution in [-0.2, 0) is 12.6 Å². The Morgan fingerprint density at radius 2 is 2.00 bits per heavy atom. The number of halogens is 3. The maximum atomic E-state index is 12.8. The lowest BCUT2D eigenvalue weighted by atomic mass is 9.96. The first kappa shape index (κ1) is 16.8. The monoisotopic (exact) mass is 289 g/mol. The number of ether oxygens (including phenoxy) is 1. The first-order valence-electron chi connectivity index (χ1n) is 6.91. The molecule has 0 aromatic heterocycles. The molecule has 1 aromatic rings. The molecular weight excluding hydrogens is 267 g/mol. The maximum absolute atomic E-state index is 12.8. The van der Waals surface area contributed by atoms with Gasteiger partial charge in [0.25, 0.3) is 0 Å². The Labute approximate surface area is 118 Å². The normalized spacial score (nSPS) is 13.3. The van der Waals surface area contributed by atoms with Gasteiger partial charge >= 0.3 is 6.18 Å². The third-order valence-electron chi connectivity index (χ3n) is 3.08. The number of hydrogen-bond donors (Lipinski definition) is 1. The average Bonchev–Trinajstić information content (AvgIpc) is 2.36. The van der Waals surface area contributed by atoms with Gasteiger partial charge in [0.05, 0.1) is 12.2 Å². The van der Waals surface area contributed by atoms with Gasteiger partial charge in [-0.25, -0.2) is 0 Å². The van der Waals surface area contributed by atoms with Gasteiger partial charge in [0, 0.05) is 0 Å². The third-order valence-corrected chi connectivity index (χ3v) is 3.08. The maximum Gasteiger partial charge on any atom is 0.416 e. The van der Waals surface area contributed by atoms with Crippen molar-refractivity contribution >= 4 is 0 Å². The predicted octanol–water partition coefficient (Wildman–Crippen LogP) is 4.02. The summed E-state index contributed by atoms with van der Waals surface area (Å²) in [4.78, 5) is 0. The van der Waals surface area contributed by atoms with Gasteiger partial charge in [-0.3, -0.25) is 0 Å². The van der Waals surface area contributed by atoms with E-state index in [2.05, 4.69) is 0 Å². The van der Waals surface area contributed by atoms with Crippen LogP contribution in [0.3, 0.4) is 0 Å². The molecule has 0 spiro atoms. The summed E-state index contributed by atoms with van der Waals surface area (Å²) < 4.78 is 43.9. The SMILES string of the molecule is CCCOc1ccc(C(F)(F)F)cc1CC(C)CCN. The van der Waals surface area contributed by atoms with Crippen molar-refractivity contribution in [2.75, 3.05) is 13.2 Å². The van der Waals surface area contributed by atoms with Crippen molar-refractivity contribution in [3.63, 3.8) is 0 Å². The quantitative estimate of drug-likeness (QED) is 0.822. The largest absolute Gasteiger partial charge is 0.493 e. The Bertz CT molecular complexity index is 418. The van der Waals surface area contributed by atoms with Crippen LogP contribution in [0.1, 0.15) is 37.8 Å². The zero-order valence-corrected chi connectivity index (χ0v) is 12.0. The molecule has 0 aliphatic carbocycles. The molecule has 0 aliphatic heterocycles. The van der Waals surface area contributed by atoms with Gasteiger partial charge in [0.15, 0.2) is 0 Å². The molecule has 2 nitrogen and oxygen atoms in total. The molecule has 0 fully saturated rings. The molecule has 0 radical (unpaired) electrons. The Balaban J connectivity index is 2.99. The fourth-order valence-electron chi connectivity index (χ4n) is 2.03. The third kappa shape index (κ3) is 5.04. The molecule has 2 N–H and O–H groups in total. The fourth-order valence-corrected chi connectivity index (χ4v) is 2.03. The second-order valence-electron chi connectivity index (χ2n) is 5.06. The van der Waals surface area contributed by atoms with Crippen LogP contribution < -0.4 is 10.5 Å². The van der Waals surface area contributed by atoms with Crippen molar-refractivity contribution in [1.82, 2.24) is 0 Å². The number of hydrogen-bond acceptors (Lipinski definition) is 2. The summed E-state index contributed by atoms with van der Waals surface area (Å²) in [6.07, 6.45) is -2.18. The minimum Gasteiger partial charge on any atom is -0.493 e. The van der Waals surface area contributed by atoms with Gasteiger partial charge in [-0.2, -0.15) is 13.2 Å². The molecule has 114 valence electrons. The van der Waals surface area contributed by atoms with Crippen LogP contribution in [0.25, 0.3) is 0 Å². The Morgan fingerprint density at radius 3 is 2.55 bits per heavy atom. The van der Waals surface area contributed by atoms with E-state index in [1.807, 2.05) is 13.8 Å². The van der Waals surface area contributed by atoms with Gasteiger partial charge in [-0.15, -0.1) is 0 Å². The minimum atomic E-state index is -4.32. The molecule has 1 aromatic carbocycles. The van der Waals surface area contributed by atoms with Gasteiger partial charge in [0.1, 0.15) is 5.75 Å². The van der Waals surface area contributed by atoms with Crippen molar-refractivity contribution in [1.29, 1.82) is 0 Å². The van der Waals surface area contributed by atoms with E-state index in [1.165, 1.54) is 12.1 Å². The highest BCUT2D eigenvalue weighted by Crippen LogP contribution is 2.33. The van der Waals surface area contributed by atoms with Gasteiger partial charge in [-0.1, -0.05) is 13.8 Å². The van der Waals surface area contributed by atoms with Gasteiger partial charge in [0.2, 0.25) is 0 Å². The molecule has 0 heterocycles. The summed E-state index contributed by atoms with van der Waals surface area (Å²) in [5.41, 5.74) is 5.47. The zero-order valence-electron chi connectivity index (χ0n) is 12.0.